The molecule has 2 aliphatic rings. The molecule has 2 fully saturated rings. The molecule has 26 heavy (non-hydrogen) atoms. The Labute approximate surface area is 181 Å². The zero-order valence-electron chi connectivity index (χ0n) is 17.0. The molecule has 1 aliphatic heterocycles. The average molecular weight is 499 g/mol. The van der Waals surface area contributed by atoms with Gasteiger partial charge in [-0.25, -0.2) is 0 Å². The third-order valence-electron chi connectivity index (χ3n) is 5.17. The van der Waals surface area contributed by atoms with Gasteiger partial charge in [-0.1, -0.05) is 13.8 Å². The van der Waals surface area contributed by atoms with Crippen LogP contribution in [0.4, 0.5) is 0 Å². The maximum Gasteiger partial charge on any atom is 0.191 e. The van der Waals surface area contributed by atoms with Crippen molar-refractivity contribution in [1.29, 1.82) is 0 Å². The number of hydrogen-bond acceptors (Lipinski definition) is 4. The van der Waals surface area contributed by atoms with Crippen LogP contribution in [0.25, 0.3) is 0 Å². The van der Waals surface area contributed by atoms with E-state index in [1.165, 1.54) is 25.7 Å². The average Bonchev–Trinajstić information content (AvgIpc) is 3.06. The molecule has 3 atom stereocenters. The number of halogens is 1. The molecular weight excluding hydrogens is 459 g/mol. The summed E-state index contributed by atoms with van der Waals surface area (Å²) in [4.78, 5) is 7.53. The van der Waals surface area contributed by atoms with Gasteiger partial charge in [0, 0.05) is 37.0 Å². The lowest BCUT2D eigenvalue weighted by Gasteiger charge is -2.34. The van der Waals surface area contributed by atoms with Crippen molar-refractivity contribution in [1.82, 2.24) is 15.5 Å². The van der Waals surface area contributed by atoms with Crippen molar-refractivity contribution >= 4 is 41.7 Å². The minimum atomic E-state index is 0. The van der Waals surface area contributed by atoms with Crippen molar-refractivity contribution in [3.63, 3.8) is 0 Å². The number of aliphatic imine (C=N–C) groups is 1. The van der Waals surface area contributed by atoms with Gasteiger partial charge in [-0.15, -0.1) is 24.0 Å². The van der Waals surface area contributed by atoms with Gasteiger partial charge in [-0.2, -0.15) is 11.8 Å². The third-order valence-corrected chi connectivity index (χ3v) is 6.26. The quantitative estimate of drug-likeness (QED) is 0.306. The van der Waals surface area contributed by atoms with Crippen LogP contribution in [-0.2, 0) is 4.74 Å². The number of nitrogens with one attached hydrogen (secondary N) is 2. The molecule has 3 unspecified atom stereocenters. The standard InChI is InChI=1S/C19H38N4OS.HI/c1-5-20-19(22-16-6-7-18(13-16)25-4)21-14-17(12-15(2)3)23-8-10-24-11-9-23;/h15-18H,5-14H2,1-4H3,(H2,20,21,22);1H. The van der Waals surface area contributed by atoms with Crippen LogP contribution in [0.5, 0.6) is 0 Å². The summed E-state index contributed by atoms with van der Waals surface area (Å²) in [5, 5.41) is 7.93. The van der Waals surface area contributed by atoms with Crippen LogP contribution in [0.1, 0.15) is 46.5 Å². The van der Waals surface area contributed by atoms with Crippen LogP contribution in [-0.4, -0.2) is 73.8 Å². The van der Waals surface area contributed by atoms with E-state index in [4.69, 9.17) is 9.73 Å². The first-order valence-electron chi connectivity index (χ1n) is 10.0. The highest BCUT2D eigenvalue weighted by Gasteiger charge is 2.25. The molecule has 154 valence electrons. The van der Waals surface area contributed by atoms with Gasteiger partial charge >= 0.3 is 0 Å². The van der Waals surface area contributed by atoms with E-state index in [0.717, 1.165) is 50.6 Å². The fourth-order valence-electron chi connectivity index (χ4n) is 3.82. The molecular formula is C19H39IN4OS. The van der Waals surface area contributed by atoms with E-state index in [1.807, 2.05) is 11.8 Å². The van der Waals surface area contributed by atoms with Crippen LogP contribution in [0.15, 0.2) is 4.99 Å². The Morgan fingerprint density at radius 1 is 1.27 bits per heavy atom. The summed E-state index contributed by atoms with van der Waals surface area (Å²) in [6, 6.07) is 1.09. The molecule has 7 heteroatoms. The first-order chi connectivity index (χ1) is 12.1. The second-order valence-electron chi connectivity index (χ2n) is 7.66. The molecule has 0 radical (unpaired) electrons. The molecule has 1 saturated heterocycles. The van der Waals surface area contributed by atoms with Crippen molar-refractivity contribution in [2.24, 2.45) is 10.9 Å². The molecule has 0 aromatic rings. The van der Waals surface area contributed by atoms with Crippen molar-refractivity contribution in [2.45, 2.75) is 63.8 Å². The number of guanidine groups is 1. The van der Waals surface area contributed by atoms with E-state index in [1.54, 1.807) is 0 Å². The van der Waals surface area contributed by atoms with Gasteiger partial charge < -0.3 is 15.4 Å². The Balaban J connectivity index is 0.00000338. The second-order valence-corrected chi connectivity index (χ2v) is 8.80. The first kappa shape index (κ1) is 24.3. The Bertz CT molecular complexity index is 405. The van der Waals surface area contributed by atoms with E-state index >= 15 is 0 Å². The minimum Gasteiger partial charge on any atom is -0.379 e. The van der Waals surface area contributed by atoms with Gasteiger partial charge in [0.1, 0.15) is 0 Å². The number of nitrogens with zero attached hydrogens (tertiary/aromatic N) is 2. The molecule has 1 saturated carbocycles. The zero-order chi connectivity index (χ0) is 18.1. The molecule has 5 nitrogen and oxygen atoms in total. The molecule has 0 bridgehead atoms. The predicted molar refractivity (Wildman–Crippen MR) is 125 cm³/mol. The molecule has 1 aliphatic carbocycles. The van der Waals surface area contributed by atoms with E-state index in [0.29, 0.717) is 18.0 Å². The number of hydrogen-bond donors (Lipinski definition) is 2. The Hall–Kier alpha value is 0.270. The summed E-state index contributed by atoms with van der Waals surface area (Å²) in [6.45, 7) is 12.3. The first-order valence-corrected chi connectivity index (χ1v) is 11.3. The topological polar surface area (TPSA) is 48.9 Å². The van der Waals surface area contributed by atoms with E-state index in [9.17, 15) is 0 Å². The molecule has 2 rings (SSSR count). The summed E-state index contributed by atoms with van der Waals surface area (Å²) in [5.41, 5.74) is 0. The number of ether oxygens (including phenoxy) is 1. The van der Waals surface area contributed by atoms with Crippen molar-refractivity contribution in [2.75, 3.05) is 45.6 Å². The van der Waals surface area contributed by atoms with Crippen molar-refractivity contribution in [3.8, 4) is 0 Å². The summed E-state index contributed by atoms with van der Waals surface area (Å²) in [7, 11) is 0. The zero-order valence-corrected chi connectivity index (χ0v) is 20.1. The van der Waals surface area contributed by atoms with E-state index in [2.05, 4.69) is 42.6 Å². The number of morpholine rings is 1. The molecule has 0 aromatic heterocycles. The van der Waals surface area contributed by atoms with Gasteiger partial charge in [0.05, 0.1) is 19.8 Å². The Kier molecular flexibility index (Phi) is 12.6. The fourth-order valence-corrected chi connectivity index (χ4v) is 4.62. The van der Waals surface area contributed by atoms with Gasteiger partial charge in [-0.05, 0) is 44.8 Å². The SMILES string of the molecule is CCNC(=NCC(CC(C)C)N1CCOCC1)NC1CCC(SC)C1.I. The third kappa shape index (κ3) is 8.52. The smallest absolute Gasteiger partial charge is 0.191 e. The summed E-state index contributed by atoms with van der Waals surface area (Å²) in [6.07, 6.45) is 7.26. The number of rotatable bonds is 8. The Morgan fingerprint density at radius 2 is 2.00 bits per heavy atom. The van der Waals surface area contributed by atoms with Gasteiger partial charge in [0.2, 0.25) is 0 Å². The highest BCUT2D eigenvalue weighted by Crippen LogP contribution is 2.28. The second kappa shape index (κ2) is 13.4. The van der Waals surface area contributed by atoms with Crippen molar-refractivity contribution < 1.29 is 4.74 Å². The summed E-state index contributed by atoms with van der Waals surface area (Å²) >= 11 is 2.00. The molecule has 2 N–H and O–H groups in total. The lowest BCUT2D eigenvalue weighted by Crippen LogP contribution is -2.47. The summed E-state index contributed by atoms with van der Waals surface area (Å²) < 4.78 is 5.52. The maximum atomic E-state index is 5.52. The predicted octanol–water partition coefficient (Wildman–Crippen LogP) is 3.19. The van der Waals surface area contributed by atoms with Crippen molar-refractivity contribution in [3.05, 3.63) is 0 Å². The van der Waals surface area contributed by atoms with Crippen LogP contribution in [0.2, 0.25) is 0 Å². The summed E-state index contributed by atoms with van der Waals surface area (Å²) in [5.74, 6) is 1.69. The maximum absolute atomic E-state index is 5.52. The minimum absolute atomic E-state index is 0. The molecule has 0 amide bonds. The highest BCUT2D eigenvalue weighted by atomic mass is 127. The fraction of sp³-hybridized carbons (Fsp3) is 0.947. The van der Waals surface area contributed by atoms with E-state index < -0.39 is 0 Å². The van der Waals surface area contributed by atoms with Crippen LogP contribution >= 0.6 is 35.7 Å². The monoisotopic (exact) mass is 498 g/mol. The molecule has 0 spiro atoms. The van der Waals surface area contributed by atoms with Crippen LogP contribution in [0, 0.1) is 5.92 Å². The van der Waals surface area contributed by atoms with Crippen LogP contribution in [0.3, 0.4) is 0 Å². The van der Waals surface area contributed by atoms with Gasteiger partial charge in [0.15, 0.2) is 5.96 Å². The largest absolute Gasteiger partial charge is 0.379 e. The molecule has 1 heterocycles. The van der Waals surface area contributed by atoms with Gasteiger partial charge in [-0.3, -0.25) is 9.89 Å². The Morgan fingerprint density at radius 3 is 2.58 bits per heavy atom. The number of thioether (sulfide) groups is 1. The molecule has 0 aromatic carbocycles. The lowest BCUT2D eigenvalue weighted by atomic mass is 10.0. The highest BCUT2D eigenvalue weighted by molar-refractivity contribution is 14.0. The normalized spacial score (nSPS) is 25.8. The van der Waals surface area contributed by atoms with Gasteiger partial charge in [0.25, 0.3) is 0 Å². The lowest BCUT2D eigenvalue weighted by molar-refractivity contribution is 0.0143. The van der Waals surface area contributed by atoms with E-state index in [-0.39, 0.29) is 24.0 Å². The van der Waals surface area contributed by atoms with Crippen LogP contribution < -0.4 is 10.6 Å².